The first-order chi connectivity index (χ1) is 11.7. The fourth-order valence-electron chi connectivity index (χ4n) is 2.84. The van der Waals surface area contributed by atoms with Gasteiger partial charge in [-0.2, -0.15) is 0 Å². The zero-order valence-electron chi connectivity index (χ0n) is 13.1. The highest BCUT2D eigenvalue weighted by molar-refractivity contribution is 6.00. The van der Waals surface area contributed by atoms with Crippen LogP contribution in [0.1, 0.15) is 34.7 Å². The van der Waals surface area contributed by atoms with Gasteiger partial charge in [-0.05, 0) is 42.5 Å². The quantitative estimate of drug-likeness (QED) is 0.740. The van der Waals surface area contributed by atoms with E-state index in [2.05, 4.69) is 10.3 Å². The second-order valence-corrected chi connectivity index (χ2v) is 5.92. The van der Waals surface area contributed by atoms with Gasteiger partial charge in [0.1, 0.15) is 5.82 Å². The third kappa shape index (κ3) is 2.50. The van der Waals surface area contributed by atoms with Gasteiger partial charge in [-0.25, -0.2) is 14.2 Å². The molecule has 1 aromatic carbocycles. The smallest absolute Gasteiger partial charge is 0.340 e. The SMILES string of the molecule is COC(=O)c1ccn2cncc2c1Nc1ccc(C2CC2)cc1F. The molecule has 1 aliphatic carbocycles. The molecule has 4 rings (SSSR count). The van der Waals surface area contributed by atoms with Crippen LogP contribution in [0.15, 0.2) is 43.0 Å². The van der Waals surface area contributed by atoms with Gasteiger partial charge in [0.15, 0.2) is 0 Å². The second-order valence-electron chi connectivity index (χ2n) is 5.92. The summed E-state index contributed by atoms with van der Waals surface area (Å²) in [5.74, 6) is -0.342. The van der Waals surface area contributed by atoms with E-state index >= 15 is 0 Å². The molecule has 2 heterocycles. The van der Waals surface area contributed by atoms with Gasteiger partial charge < -0.3 is 14.5 Å². The molecule has 5 nitrogen and oxygen atoms in total. The molecule has 0 aliphatic heterocycles. The summed E-state index contributed by atoms with van der Waals surface area (Å²) in [6.45, 7) is 0. The molecule has 0 saturated heterocycles. The van der Waals surface area contributed by atoms with Crippen LogP contribution in [0.25, 0.3) is 5.52 Å². The van der Waals surface area contributed by atoms with E-state index in [9.17, 15) is 9.18 Å². The maximum absolute atomic E-state index is 14.5. The Balaban J connectivity index is 1.78. The van der Waals surface area contributed by atoms with Crippen molar-refractivity contribution in [3.05, 3.63) is 59.9 Å². The number of methoxy groups -OCH3 is 1. The number of benzene rings is 1. The molecular formula is C18H16FN3O2. The number of ether oxygens (including phenoxy) is 1. The number of carbonyl (C=O) groups is 1. The molecule has 2 aromatic heterocycles. The molecule has 1 N–H and O–H groups in total. The summed E-state index contributed by atoms with van der Waals surface area (Å²) in [5, 5.41) is 3.04. The number of halogens is 1. The van der Waals surface area contributed by atoms with E-state index in [1.807, 2.05) is 6.07 Å². The topological polar surface area (TPSA) is 55.6 Å². The Morgan fingerprint density at radius 1 is 1.38 bits per heavy atom. The largest absolute Gasteiger partial charge is 0.465 e. The first-order valence-corrected chi connectivity index (χ1v) is 7.77. The van der Waals surface area contributed by atoms with Crippen molar-refractivity contribution >= 4 is 22.9 Å². The fourth-order valence-corrected chi connectivity index (χ4v) is 2.84. The average Bonchev–Trinajstić information content (AvgIpc) is 3.33. The molecule has 0 radical (unpaired) electrons. The highest BCUT2D eigenvalue weighted by Gasteiger charge is 2.24. The van der Waals surface area contributed by atoms with Gasteiger partial charge in [-0.3, -0.25) is 0 Å². The van der Waals surface area contributed by atoms with Gasteiger partial charge in [0, 0.05) is 6.20 Å². The van der Waals surface area contributed by atoms with Gasteiger partial charge in [0.25, 0.3) is 0 Å². The standard InChI is InChI=1S/C18H16FN3O2/c1-24-18(23)13-6-7-22-10-20-9-16(22)17(13)21-15-5-4-12(8-14(15)19)11-2-3-11/h4-11,21H,2-3H2,1H3. The summed E-state index contributed by atoms with van der Waals surface area (Å²) < 4.78 is 21.0. The highest BCUT2D eigenvalue weighted by atomic mass is 19.1. The van der Waals surface area contributed by atoms with Crippen molar-refractivity contribution < 1.29 is 13.9 Å². The van der Waals surface area contributed by atoms with Crippen LogP contribution >= 0.6 is 0 Å². The van der Waals surface area contributed by atoms with Crippen LogP contribution < -0.4 is 5.32 Å². The van der Waals surface area contributed by atoms with Crippen LogP contribution in [-0.4, -0.2) is 22.5 Å². The van der Waals surface area contributed by atoms with E-state index in [1.54, 1.807) is 41.3 Å². The number of hydrogen-bond acceptors (Lipinski definition) is 4. The van der Waals surface area contributed by atoms with E-state index in [0.717, 1.165) is 18.4 Å². The molecule has 1 saturated carbocycles. The third-order valence-corrected chi connectivity index (χ3v) is 4.30. The monoisotopic (exact) mass is 325 g/mol. The molecule has 0 unspecified atom stereocenters. The van der Waals surface area contributed by atoms with E-state index in [0.29, 0.717) is 28.4 Å². The molecule has 0 spiro atoms. The summed E-state index contributed by atoms with van der Waals surface area (Å²) in [4.78, 5) is 16.1. The predicted octanol–water partition coefficient (Wildman–Crippen LogP) is 3.88. The molecule has 6 heteroatoms. The molecule has 0 atom stereocenters. The van der Waals surface area contributed by atoms with E-state index in [4.69, 9.17) is 4.74 Å². The highest BCUT2D eigenvalue weighted by Crippen LogP contribution is 2.41. The number of aromatic nitrogens is 2. The number of anilines is 2. The van der Waals surface area contributed by atoms with Crippen LogP contribution in [0, 0.1) is 5.82 Å². The van der Waals surface area contributed by atoms with Crippen molar-refractivity contribution in [1.29, 1.82) is 0 Å². The molecule has 122 valence electrons. The maximum Gasteiger partial charge on any atom is 0.340 e. The van der Waals surface area contributed by atoms with Crippen LogP contribution in [0.5, 0.6) is 0 Å². The van der Waals surface area contributed by atoms with Crippen molar-refractivity contribution in [2.75, 3.05) is 12.4 Å². The Labute approximate surface area is 138 Å². The van der Waals surface area contributed by atoms with Gasteiger partial charge in [-0.15, -0.1) is 0 Å². The summed E-state index contributed by atoms with van der Waals surface area (Å²) >= 11 is 0. The van der Waals surface area contributed by atoms with Gasteiger partial charge >= 0.3 is 5.97 Å². The fraction of sp³-hybridized carbons (Fsp3) is 0.222. The summed E-state index contributed by atoms with van der Waals surface area (Å²) in [7, 11) is 1.32. The summed E-state index contributed by atoms with van der Waals surface area (Å²) in [6, 6.07) is 6.83. The van der Waals surface area contributed by atoms with Crippen molar-refractivity contribution in [1.82, 2.24) is 9.38 Å². The Morgan fingerprint density at radius 2 is 2.21 bits per heavy atom. The number of nitrogens with zero attached hydrogens (tertiary/aromatic N) is 2. The second kappa shape index (κ2) is 5.63. The zero-order chi connectivity index (χ0) is 16.7. The molecule has 1 fully saturated rings. The summed E-state index contributed by atoms with van der Waals surface area (Å²) in [5.41, 5.74) is 2.81. The number of fused-ring (bicyclic) bond motifs is 1. The zero-order valence-corrected chi connectivity index (χ0v) is 13.1. The minimum Gasteiger partial charge on any atom is -0.465 e. The predicted molar refractivity (Wildman–Crippen MR) is 88.2 cm³/mol. The number of pyridine rings is 1. The van der Waals surface area contributed by atoms with E-state index < -0.39 is 5.97 Å². The lowest BCUT2D eigenvalue weighted by Gasteiger charge is -2.14. The number of esters is 1. The maximum atomic E-state index is 14.5. The minimum atomic E-state index is -0.490. The molecule has 3 aromatic rings. The lowest BCUT2D eigenvalue weighted by atomic mass is 10.1. The lowest BCUT2D eigenvalue weighted by Crippen LogP contribution is -2.08. The Bertz CT molecular complexity index is 931. The third-order valence-electron chi connectivity index (χ3n) is 4.30. The molecule has 24 heavy (non-hydrogen) atoms. The van der Waals surface area contributed by atoms with E-state index in [1.165, 1.54) is 7.11 Å². The Kier molecular flexibility index (Phi) is 3.45. The lowest BCUT2D eigenvalue weighted by molar-refractivity contribution is 0.0602. The van der Waals surface area contributed by atoms with Crippen molar-refractivity contribution in [3.8, 4) is 0 Å². The van der Waals surface area contributed by atoms with Gasteiger partial charge in [0.2, 0.25) is 0 Å². The van der Waals surface area contributed by atoms with Crippen LogP contribution in [0.3, 0.4) is 0 Å². The number of imidazole rings is 1. The van der Waals surface area contributed by atoms with Crippen LogP contribution in [-0.2, 0) is 4.74 Å². The molecular weight excluding hydrogens is 309 g/mol. The Hall–Kier alpha value is -2.89. The van der Waals surface area contributed by atoms with Crippen molar-refractivity contribution in [2.45, 2.75) is 18.8 Å². The van der Waals surface area contributed by atoms with Gasteiger partial charge in [0.05, 0.1) is 42.1 Å². The van der Waals surface area contributed by atoms with Crippen molar-refractivity contribution in [2.24, 2.45) is 0 Å². The molecule has 0 amide bonds. The first kappa shape index (κ1) is 14.7. The molecule has 1 aliphatic rings. The summed E-state index contributed by atoms with van der Waals surface area (Å²) in [6.07, 6.45) is 7.19. The average molecular weight is 325 g/mol. The normalized spacial score (nSPS) is 13.9. The van der Waals surface area contributed by atoms with Gasteiger partial charge in [-0.1, -0.05) is 6.07 Å². The number of nitrogens with one attached hydrogen (secondary N) is 1. The Morgan fingerprint density at radius 3 is 2.92 bits per heavy atom. The number of rotatable bonds is 4. The first-order valence-electron chi connectivity index (χ1n) is 7.77. The van der Waals surface area contributed by atoms with Crippen LogP contribution in [0.2, 0.25) is 0 Å². The van der Waals surface area contributed by atoms with E-state index in [-0.39, 0.29) is 5.82 Å². The number of hydrogen-bond donors (Lipinski definition) is 1. The minimum absolute atomic E-state index is 0.318. The molecule has 0 bridgehead atoms. The van der Waals surface area contributed by atoms with Crippen LogP contribution in [0.4, 0.5) is 15.8 Å². The number of carbonyl (C=O) groups excluding carboxylic acids is 1. The van der Waals surface area contributed by atoms with Crippen molar-refractivity contribution in [3.63, 3.8) is 0 Å².